The molecule has 0 saturated carbocycles. The van der Waals surface area contributed by atoms with Crippen molar-refractivity contribution in [2.24, 2.45) is 0 Å². The fourth-order valence-corrected chi connectivity index (χ4v) is 4.88. The lowest BCUT2D eigenvalue weighted by molar-refractivity contribution is -0.117. The number of nitrogens with zero attached hydrogens (tertiary/aromatic N) is 5. The number of hydrogen-bond donors (Lipinski definition) is 1. The third kappa shape index (κ3) is 5.20. The first-order valence-corrected chi connectivity index (χ1v) is 12.6. The number of amides is 1. The van der Waals surface area contributed by atoms with E-state index < -0.39 is 5.91 Å². The van der Waals surface area contributed by atoms with Crippen LogP contribution in [0.5, 0.6) is 0 Å². The van der Waals surface area contributed by atoms with Gasteiger partial charge < -0.3 is 19.9 Å². The Morgan fingerprint density at radius 1 is 1.16 bits per heavy atom. The third-order valence-electron chi connectivity index (χ3n) is 6.93. The van der Waals surface area contributed by atoms with E-state index in [1.54, 1.807) is 12.3 Å². The summed E-state index contributed by atoms with van der Waals surface area (Å²) in [5.41, 5.74) is 2.38. The average molecular weight is 499 g/mol. The predicted molar refractivity (Wildman–Crippen MR) is 143 cm³/mol. The summed E-state index contributed by atoms with van der Waals surface area (Å²) in [6, 6.07) is 15.9. The number of anilines is 2. The Balaban J connectivity index is 1.48. The second kappa shape index (κ2) is 10.8. The van der Waals surface area contributed by atoms with E-state index in [-0.39, 0.29) is 22.8 Å². The number of piperazine rings is 1. The SMILES string of the molecule is Cc1cccn2c(=O)c(/C=C(\C#N)C(=O)NC[C@@H]3CCCO3)c(N3CCN(c4ccccc4)CC3)nc12. The van der Waals surface area contributed by atoms with Gasteiger partial charge in [0.1, 0.15) is 23.1 Å². The van der Waals surface area contributed by atoms with Gasteiger partial charge in [-0.25, -0.2) is 4.98 Å². The highest BCUT2D eigenvalue weighted by atomic mass is 16.5. The van der Waals surface area contributed by atoms with Gasteiger partial charge in [0.15, 0.2) is 0 Å². The summed E-state index contributed by atoms with van der Waals surface area (Å²) in [6.45, 7) is 5.74. The van der Waals surface area contributed by atoms with Crippen molar-refractivity contribution in [3.8, 4) is 6.07 Å². The zero-order valence-electron chi connectivity index (χ0n) is 20.9. The number of aryl methyl sites for hydroxylation is 1. The van der Waals surface area contributed by atoms with E-state index >= 15 is 0 Å². The fourth-order valence-electron chi connectivity index (χ4n) is 4.88. The first-order chi connectivity index (χ1) is 18.0. The van der Waals surface area contributed by atoms with Crippen LogP contribution < -0.4 is 20.7 Å². The molecule has 2 fully saturated rings. The lowest BCUT2D eigenvalue weighted by atomic mass is 10.1. The van der Waals surface area contributed by atoms with Gasteiger partial charge in [-0.2, -0.15) is 5.26 Å². The Labute approximate surface area is 215 Å². The number of aromatic nitrogens is 2. The lowest BCUT2D eigenvalue weighted by Gasteiger charge is -2.37. The van der Waals surface area contributed by atoms with Crippen molar-refractivity contribution in [3.63, 3.8) is 0 Å². The number of nitriles is 1. The molecule has 2 aliphatic heterocycles. The van der Waals surface area contributed by atoms with Crippen LogP contribution in [-0.2, 0) is 9.53 Å². The number of ether oxygens (including phenoxy) is 1. The van der Waals surface area contributed by atoms with Crippen molar-refractivity contribution in [1.29, 1.82) is 5.26 Å². The van der Waals surface area contributed by atoms with Crippen molar-refractivity contribution in [1.82, 2.24) is 14.7 Å². The maximum atomic E-state index is 13.7. The first-order valence-electron chi connectivity index (χ1n) is 12.6. The molecule has 2 saturated heterocycles. The number of hydrogen-bond acceptors (Lipinski definition) is 7. The molecule has 1 N–H and O–H groups in total. The Bertz CT molecular complexity index is 1410. The molecule has 3 aromatic rings. The molecule has 0 aliphatic carbocycles. The standard InChI is InChI=1S/C28H30N6O3/c1-20-7-5-11-34-25(20)31-26(33-14-12-32(13-15-33)22-8-3-2-4-9-22)24(28(34)36)17-21(18-29)27(35)30-19-23-10-6-16-37-23/h2-5,7-9,11,17,23H,6,10,12-16,19H2,1H3,(H,30,35)/b21-17+/t23-/m0/s1. The summed E-state index contributed by atoms with van der Waals surface area (Å²) in [5.74, 6) is -0.0294. The molecule has 1 amide bonds. The van der Waals surface area contributed by atoms with Crippen LogP contribution in [0, 0.1) is 18.3 Å². The van der Waals surface area contributed by atoms with E-state index in [1.807, 2.05) is 37.3 Å². The first kappa shape index (κ1) is 24.5. The van der Waals surface area contributed by atoms with Crippen LogP contribution >= 0.6 is 0 Å². The van der Waals surface area contributed by atoms with Crippen molar-refractivity contribution in [2.45, 2.75) is 25.9 Å². The molecule has 2 aromatic heterocycles. The third-order valence-corrected chi connectivity index (χ3v) is 6.93. The van der Waals surface area contributed by atoms with Crippen LogP contribution in [-0.4, -0.2) is 60.7 Å². The minimum absolute atomic E-state index is 0.0451. The summed E-state index contributed by atoms with van der Waals surface area (Å²) in [5, 5.41) is 12.6. The quantitative estimate of drug-likeness (QED) is 0.412. The number of pyridine rings is 1. The molecule has 1 atom stereocenters. The maximum absolute atomic E-state index is 13.7. The summed E-state index contributed by atoms with van der Waals surface area (Å²) >= 11 is 0. The van der Waals surface area contributed by atoms with Crippen LogP contribution in [0.4, 0.5) is 11.5 Å². The molecular weight excluding hydrogens is 468 g/mol. The van der Waals surface area contributed by atoms with Crippen LogP contribution in [0.2, 0.25) is 0 Å². The minimum Gasteiger partial charge on any atom is -0.376 e. The highest BCUT2D eigenvalue weighted by Gasteiger charge is 2.24. The minimum atomic E-state index is -0.522. The second-order valence-corrected chi connectivity index (χ2v) is 9.36. The second-order valence-electron chi connectivity index (χ2n) is 9.36. The van der Waals surface area contributed by atoms with E-state index in [2.05, 4.69) is 27.2 Å². The van der Waals surface area contributed by atoms with Crippen LogP contribution in [0.1, 0.15) is 24.0 Å². The van der Waals surface area contributed by atoms with Crippen molar-refractivity contribution in [2.75, 3.05) is 49.1 Å². The Hall–Kier alpha value is -4.16. The van der Waals surface area contributed by atoms with Gasteiger partial charge in [-0.05, 0) is 49.6 Å². The summed E-state index contributed by atoms with van der Waals surface area (Å²) in [4.78, 5) is 35.7. The van der Waals surface area contributed by atoms with Gasteiger partial charge in [-0.15, -0.1) is 0 Å². The van der Waals surface area contributed by atoms with Gasteiger partial charge in [-0.3, -0.25) is 14.0 Å². The highest BCUT2D eigenvalue weighted by Crippen LogP contribution is 2.24. The van der Waals surface area contributed by atoms with Gasteiger partial charge >= 0.3 is 0 Å². The monoisotopic (exact) mass is 498 g/mol. The van der Waals surface area contributed by atoms with E-state index in [9.17, 15) is 14.9 Å². The maximum Gasteiger partial charge on any atom is 0.267 e. The number of nitrogens with one attached hydrogen (secondary N) is 1. The fraction of sp³-hybridized carbons (Fsp3) is 0.357. The van der Waals surface area contributed by atoms with E-state index in [1.165, 1.54) is 10.5 Å². The zero-order valence-corrected chi connectivity index (χ0v) is 20.9. The zero-order chi connectivity index (χ0) is 25.8. The Morgan fingerprint density at radius 2 is 1.92 bits per heavy atom. The number of benzene rings is 1. The number of carbonyl (C=O) groups excluding carboxylic acids is 1. The van der Waals surface area contributed by atoms with Gasteiger partial charge in [-0.1, -0.05) is 24.3 Å². The normalized spacial score (nSPS) is 18.2. The van der Waals surface area contributed by atoms with Crippen LogP contribution in [0.25, 0.3) is 11.7 Å². The Kier molecular flexibility index (Phi) is 7.19. The molecule has 0 unspecified atom stereocenters. The largest absolute Gasteiger partial charge is 0.376 e. The summed E-state index contributed by atoms with van der Waals surface area (Å²) < 4.78 is 7.04. The van der Waals surface area contributed by atoms with Crippen molar-refractivity contribution < 1.29 is 9.53 Å². The predicted octanol–water partition coefficient (Wildman–Crippen LogP) is 2.53. The molecule has 0 bridgehead atoms. The van der Waals surface area contributed by atoms with E-state index in [0.717, 1.165) is 37.2 Å². The molecule has 37 heavy (non-hydrogen) atoms. The van der Waals surface area contributed by atoms with Gasteiger partial charge in [0, 0.05) is 51.2 Å². The number of fused-ring (bicyclic) bond motifs is 1. The van der Waals surface area contributed by atoms with Crippen LogP contribution in [0.15, 0.2) is 59.0 Å². The summed E-state index contributed by atoms with van der Waals surface area (Å²) in [7, 11) is 0. The molecular formula is C28H30N6O3. The number of para-hydroxylation sites is 1. The lowest BCUT2D eigenvalue weighted by Crippen LogP contribution is -2.47. The molecule has 0 spiro atoms. The number of carbonyl (C=O) groups is 1. The molecule has 190 valence electrons. The van der Waals surface area contributed by atoms with Gasteiger partial charge in [0.2, 0.25) is 0 Å². The van der Waals surface area contributed by atoms with E-state index in [0.29, 0.717) is 37.7 Å². The van der Waals surface area contributed by atoms with Gasteiger partial charge in [0.25, 0.3) is 11.5 Å². The number of rotatable bonds is 6. The molecule has 9 heteroatoms. The summed E-state index contributed by atoms with van der Waals surface area (Å²) in [6.07, 6.45) is 4.83. The van der Waals surface area contributed by atoms with E-state index in [4.69, 9.17) is 9.72 Å². The Morgan fingerprint density at radius 3 is 2.62 bits per heavy atom. The van der Waals surface area contributed by atoms with Crippen LogP contribution in [0.3, 0.4) is 0 Å². The molecule has 9 nitrogen and oxygen atoms in total. The van der Waals surface area contributed by atoms with Crippen molar-refractivity contribution in [3.05, 3.63) is 75.7 Å². The molecule has 4 heterocycles. The molecule has 1 aromatic carbocycles. The van der Waals surface area contributed by atoms with Gasteiger partial charge in [0.05, 0.1) is 11.7 Å². The average Bonchev–Trinajstić information content (AvgIpc) is 3.46. The smallest absolute Gasteiger partial charge is 0.267 e. The topological polar surface area (TPSA) is 103 Å². The highest BCUT2D eigenvalue weighted by molar-refractivity contribution is 6.02. The molecule has 0 radical (unpaired) electrons. The van der Waals surface area contributed by atoms with Crippen molar-refractivity contribution >= 4 is 29.1 Å². The molecule has 2 aliphatic rings. The molecule has 5 rings (SSSR count).